The molecule has 23 heavy (non-hydrogen) atoms. The van der Waals surface area contributed by atoms with Crippen molar-refractivity contribution in [2.45, 2.75) is 39.7 Å². The van der Waals surface area contributed by atoms with Crippen molar-refractivity contribution >= 4 is 17.2 Å². The molecule has 0 fully saturated rings. The third-order valence-electron chi connectivity index (χ3n) is 3.16. The van der Waals surface area contributed by atoms with Crippen molar-refractivity contribution in [1.29, 1.82) is 0 Å². The molecule has 0 unspecified atom stereocenters. The van der Waals surface area contributed by atoms with Crippen LogP contribution < -0.4 is 10.1 Å². The average Bonchev–Trinajstić information content (AvgIpc) is 2.47. The van der Waals surface area contributed by atoms with Crippen LogP contribution in [0.25, 0.3) is 0 Å². The van der Waals surface area contributed by atoms with Gasteiger partial charge >= 0.3 is 5.69 Å². The summed E-state index contributed by atoms with van der Waals surface area (Å²) in [4.78, 5) is 18.7. The Labute approximate surface area is 134 Å². The first kappa shape index (κ1) is 16.7. The molecule has 0 radical (unpaired) electrons. The Bertz CT molecular complexity index is 684. The zero-order valence-corrected chi connectivity index (χ0v) is 13.6. The van der Waals surface area contributed by atoms with Gasteiger partial charge in [0.15, 0.2) is 0 Å². The van der Waals surface area contributed by atoms with E-state index in [0.717, 1.165) is 0 Å². The topological polar surface area (TPSA) is 90.2 Å². The first-order valence-corrected chi connectivity index (χ1v) is 7.41. The van der Waals surface area contributed by atoms with Crippen LogP contribution in [0.4, 0.5) is 17.2 Å². The van der Waals surface area contributed by atoms with Crippen LogP contribution in [0, 0.1) is 10.1 Å². The van der Waals surface area contributed by atoms with E-state index in [9.17, 15) is 10.1 Å². The fourth-order valence-corrected chi connectivity index (χ4v) is 2.02. The van der Waals surface area contributed by atoms with Crippen LogP contribution in [0.5, 0.6) is 5.88 Å². The molecule has 122 valence electrons. The summed E-state index contributed by atoms with van der Waals surface area (Å²) >= 11 is 0. The van der Waals surface area contributed by atoms with Crippen LogP contribution in [0.1, 0.15) is 39.2 Å². The monoisotopic (exact) mass is 316 g/mol. The van der Waals surface area contributed by atoms with Gasteiger partial charge in [0.25, 0.3) is 5.88 Å². The largest absolute Gasteiger partial charge is 0.470 e. The fraction of sp³-hybridized carbons (Fsp3) is 0.375. The highest BCUT2D eigenvalue weighted by atomic mass is 16.6. The quantitative estimate of drug-likeness (QED) is 0.639. The molecule has 0 atom stereocenters. The van der Waals surface area contributed by atoms with E-state index >= 15 is 0 Å². The number of rotatable bonds is 6. The minimum absolute atomic E-state index is 0.0405. The van der Waals surface area contributed by atoms with Crippen molar-refractivity contribution in [3.05, 3.63) is 46.3 Å². The zero-order valence-electron chi connectivity index (χ0n) is 13.6. The van der Waals surface area contributed by atoms with Crippen molar-refractivity contribution in [3.63, 3.8) is 0 Å². The molecule has 0 bridgehead atoms. The summed E-state index contributed by atoms with van der Waals surface area (Å²) < 4.78 is 5.40. The van der Waals surface area contributed by atoms with Crippen LogP contribution in [0.3, 0.4) is 0 Å². The maximum atomic E-state index is 11.4. The van der Waals surface area contributed by atoms with Crippen LogP contribution in [0.15, 0.2) is 30.6 Å². The van der Waals surface area contributed by atoms with E-state index in [4.69, 9.17) is 4.74 Å². The minimum atomic E-state index is -0.539. The Morgan fingerprint density at radius 1 is 1.13 bits per heavy atom. The van der Waals surface area contributed by atoms with Gasteiger partial charge in [0.2, 0.25) is 5.82 Å². The lowest BCUT2D eigenvalue weighted by molar-refractivity contribution is -0.385. The van der Waals surface area contributed by atoms with Gasteiger partial charge in [-0.25, -0.2) is 4.98 Å². The summed E-state index contributed by atoms with van der Waals surface area (Å²) in [6.07, 6.45) is 1.02. The van der Waals surface area contributed by atoms with Crippen LogP contribution in [0.2, 0.25) is 0 Å². The van der Waals surface area contributed by atoms with Crippen molar-refractivity contribution in [3.8, 4) is 5.88 Å². The molecule has 0 aliphatic carbocycles. The molecule has 1 N–H and O–H groups in total. The van der Waals surface area contributed by atoms with Gasteiger partial charge in [-0.15, -0.1) is 0 Å². The van der Waals surface area contributed by atoms with Gasteiger partial charge in [-0.3, -0.25) is 10.1 Å². The Balaban J connectivity index is 2.33. The van der Waals surface area contributed by atoms with Gasteiger partial charge in [-0.1, -0.05) is 26.0 Å². The molecule has 0 aliphatic heterocycles. The molecule has 0 saturated heterocycles. The standard InChI is InChI=1S/C16H20N4O3/c1-10(2)12-5-7-13(8-6-12)19-15-14(20(21)22)16(18-9-17-15)23-11(3)4/h5-11H,1-4H3,(H,17,18,19). The second-order valence-corrected chi connectivity index (χ2v) is 5.70. The lowest BCUT2D eigenvalue weighted by Crippen LogP contribution is -2.10. The second kappa shape index (κ2) is 7.04. The van der Waals surface area contributed by atoms with Crippen molar-refractivity contribution < 1.29 is 9.66 Å². The summed E-state index contributed by atoms with van der Waals surface area (Å²) in [5.74, 6) is 0.489. The van der Waals surface area contributed by atoms with Gasteiger partial charge in [0.05, 0.1) is 11.0 Å². The van der Waals surface area contributed by atoms with Crippen LogP contribution in [-0.2, 0) is 0 Å². The molecule has 1 aromatic carbocycles. The number of nitro groups is 1. The normalized spacial score (nSPS) is 10.9. The first-order chi connectivity index (χ1) is 10.9. The SMILES string of the molecule is CC(C)Oc1ncnc(Nc2ccc(C(C)C)cc2)c1[N+](=O)[O-]. The Morgan fingerprint density at radius 3 is 2.30 bits per heavy atom. The molecule has 0 spiro atoms. The number of nitrogens with zero attached hydrogens (tertiary/aromatic N) is 3. The molecule has 0 amide bonds. The summed E-state index contributed by atoms with van der Waals surface area (Å²) in [6, 6.07) is 7.69. The summed E-state index contributed by atoms with van der Waals surface area (Å²) in [7, 11) is 0. The lowest BCUT2D eigenvalue weighted by Gasteiger charge is -2.12. The van der Waals surface area contributed by atoms with Crippen molar-refractivity contribution in [2.75, 3.05) is 5.32 Å². The Morgan fingerprint density at radius 2 is 1.78 bits per heavy atom. The third-order valence-corrected chi connectivity index (χ3v) is 3.16. The van der Waals surface area contributed by atoms with Crippen LogP contribution >= 0.6 is 0 Å². The Hall–Kier alpha value is -2.70. The van der Waals surface area contributed by atoms with E-state index in [0.29, 0.717) is 11.6 Å². The number of anilines is 2. The lowest BCUT2D eigenvalue weighted by atomic mass is 10.0. The summed E-state index contributed by atoms with van der Waals surface area (Å²) in [5, 5.41) is 14.3. The minimum Gasteiger partial charge on any atom is -0.470 e. The highest BCUT2D eigenvalue weighted by Gasteiger charge is 2.25. The number of aromatic nitrogens is 2. The van der Waals surface area contributed by atoms with Gasteiger partial charge in [-0.2, -0.15) is 4.98 Å². The van der Waals surface area contributed by atoms with Gasteiger partial charge in [-0.05, 0) is 37.5 Å². The molecule has 0 saturated carbocycles. The molecule has 0 aliphatic rings. The number of ether oxygens (including phenoxy) is 1. The molecule has 2 aromatic rings. The number of nitrogens with one attached hydrogen (secondary N) is 1. The fourth-order valence-electron chi connectivity index (χ4n) is 2.02. The smallest absolute Gasteiger partial charge is 0.373 e. The first-order valence-electron chi connectivity index (χ1n) is 7.41. The average molecular weight is 316 g/mol. The molecule has 7 nitrogen and oxygen atoms in total. The van der Waals surface area contributed by atoms with Gasteiger partial charge in [0, 0.05) is 5.69 Å². The van der Waals surface area contributed by atoms with E-state index in [1.807, 2.05) is 24.3 Å². The number of hydrogen-bond donors (Lipinski definition) is 1. The highest BCUT2D eigenvalue weighted by molar-refractivity contribution is 5.68. The molecular weight excluding hydrogens is 296 g/mol. The maximum absolute atomic E-state index is 11.4. The second-order valence-electron chi connectivity index (χ2n) is 5.70. The van der Waals surface area contributed by atoms with E-state index in [1.165, 1.54) is 11.9 Å². The molecular formula is C16H20N4O3. The van der Waals surface area contributed by atoms with E-state index in [-0.39, 0.29) is 23.5 Å². The van der Waals surface area contributed by atoms with Crippen molar-refractivity contribution in [2.24, 2.45) is 0 Å². The van der Waals surface area contributed by atoms with E-state index in [1.54, 1.807) is 13.8 Å². The molecule has 1 aromatic heterocycles. The molecule has 7 heteroatoms. The van der Waals surface area contributed by atoms with E-state index < -0.39 is 4.92 Å². The molecule has 1 heterocycles. The predicted octanol–water partition coefficient (Wildman–Crippen LogP) is 4.04. The predicted molar refractivity (Wildman–Crippen MR) is 88.3 cm³/mol. The van der Waals surface area contributed by atoms with Crippen molar-refractivity contribution in [1.82, 2.24) is 9.97 Å². The van der Waals surface area contributed by atoms with E-state index in [2.05, 4.69) is 29.1 Å². The highest BCUT2D eigenvalue weighted by Crippen LogP contribution is 2.33. The Kier molecular flexibility index (Phi) is 5.10. The summed E-state index contributed by atoms with van der Waals surface area (Å²) in [5.41, 5.74) is 1.64. The maximum Gasteiger partial charge on any atom is 0.373 e. The van der Waals surface area contributed by atoms with Gasteiger partial charge in [0.1, 0.15) is 6.33 Å². The number of benzene rings is 1. The molecule has 2 rings (SSSR count). The summed E-state index contributed by atoms with van der Waals surface area (Å²) in [6.45, 7) is 7.77. The zero-order chi connectivity index (χ0) is 17.0. The van der Waals surface area contributed by atoms with Gasteiger partial charge < -0.3 is 10.1 Å². The van der Waals surface area contributed by atoms with Crippen LogP contribution in [-0.4, -0.2) is 21.0 Å². The number of hydrogen-bond acceptors (Lipinski definition) is 6. The third kappa shape index (κ3) is 4.15.